The summed E-state index contributed by atoms with van der Waals surface area (Å²) in [6.45, 7) is 10.8. The first kappa shape index (κ1) is 48.8. The molecule has 6 aromatic carbocycles. The lowest BCUT2D eigenvalue weighted by atomic mass is 10.0. The summed E-state index contributed by atoms with van der Waals surface area (Å²) in [6.07, 6.45) is 2.03. The minimum atomic E-state index is -0.0171. The first-order chi connectivity index (χ1) is 36.4. The maximum Gasteiger partial charge on any atom is 0.331 e. The second-order valence-corrected chi connectivity index (χ2v) is 17.3. The molecule has 4 heterocycles. The van der Waals surface area contributed by atoms with E-state index in [1.807, 2.05) is 146 Å². The molecule has 0 saturated carbocycles. The average Bonchev–Trinajstić information content (AvgIpc) is 3.37. The van der Waals surface area contributed by atoms with Gasteiger partial charge in [-0.05, 0) is 167 Å². The summed E-state index contributed by atoms with van der Waals surface area (Å²) < 4.78 is 36.2. The third-order valence-electron chi connectivity index (χ3n) is 11.1. The van der Waals surface area contributed by atoms with Crippen LogP contribution in [-0.4, -0.2) is 59.8 Å². The van der Waals surface area contributed by atoms with Gasteiger partial charge in [-0.25, -0.2) is 15.0 Å². The van der Waals surface area contributed by atoms with Crippen molar-refractivity contribution < 1.29 is 28.4 Å². The van der Waals surface area contributed by atoms with Crippen molar-refractivity contribution in [2.24, 2.45) is 0 Å². The third-order valence-corrected chi connectivity index (χ3v) is 11.1. The summed E-state index contributed by atoms with van der Waals surface area (Å²) in [7, 11) is 0. The standard InChI is InChI=1S/C57H48N12O6/c1-34-58-35(2)62-52(61-34)70-46-19-7-40(8-20-46)31-43-13-25-49(26-14-43)73-55-67-56(74-50-27-15-44(16-28-50)32-41-9-21-47(22-10-41)71-53-63-36(3)59-37(4)64-53)69-57(68-55)75-51-29-17-45(18-30-51)33-42-11-23-48(24-12-42)72-54-65-38(5)60-39(6)66-54/h7-30H,31-33H2,1-6H3. The minimum Gasteiger partial charge on any atom is -0.424 e. The summed E-state index contributed by atoms with van der Waals surface area (Å²) in [5.41, 5.74) is 6.46. The third kappa shape index (κ3) is 13.8. The van der Waals surface area contributed by atoms with E-state index in [4.69, 9.17) is 28.4 Å². The van der Waals surface area contributed by atoms with Crippen LogP contribution in [0.5, 0.6) is 70.6 Å². The Morgan fingerprint density at radius 3 is 0.507 bits per heavy atom. The van der Waals surface area contributed by atoms with Crippen molar-refractivity contribution in [1.29, 1.82) is 0 Å². The van der Waals surface area contributed by atoms with E-state index >= 15 is 0 Å². The molecule has 0 N–H and O–H groups in total. The number of ether oxygens (including phenoxy) is 6. The number of hydrogen-bond acceptors (Lipinski definition) is 18. The highest BCUT2D eigenvalue weighted by Gasteiger charge is 2.15. The zero-order valence-electron chi connectivity index (χ0n) is 41.8. The largest absolute Gasteiger partial charge is 0.424 e. The van der Waals surface area contributed by atoms with E-state index in [0.717, 1.165) is 33.4 Å². The predicted molar refractivity (Wildman–Crippen MR) is 275 cm³/mol. The van der Waals surface area contributed by atoms with Crippen molar-refractivity contribution in [1.82, 2.24) is 59.8 Å². The number of rotatable bonds is 18. The van der Waals surface area contributed by atoms with Gasteiger partial charge in [-0.2, -0.15) is 29.9 Å². The lowest BCUT2D eigenvalue weighted by Crippen LogP contribution is -2.01. The fraction of sp³-hybridized carbons (Fsp3) is 0.158. The Hall–Kier alpha value is -9.84. The molecule has 0 amide bonds. The summed E-state index contributed by atoms with van der Waals surface area (Å²) >= 11 is 0. The first-order valence-corrected chi connectivity index (χ1v) is 23.9. The number of hydrogen-bond donors (Lipinski definition) is 0. The van der Waals surface area contributed by atoms with Crippen molar-refractivity contribution in [2.75, 3.05) is 0 Å². The number of nitrogens with zero attached hydrogens (tertiary/aromatic N) is 12. The number of benzene rings is 6. The molecule has 0 spiro atoms. The van der Waals surface area contributed by atoms with Crippen LogP contribution in [0.15, 0.2) is 146 Å². The lowest BCUT2D eigenvalue weighted by Gasteiger charge is -2.11. The zero-order valence-corrected chi connectivity index (χ0v) is 41.8. The van der Waals surface area contributed by atoms with Crippen LogP contribution in [0.4, 0.5) is 0 Å². The van der Waals surface area contributed by atoms with Gasteiger partial charge in [0.1, 0.15) is 69.4 Å². The molecular weight excluding hydrogens is 949 g/mol. The second kappa shape index (κ2) is 22.3. The average molecular weight is 997 g/mol. The quantitative estimate of drug-likeness (QED) is 0.0782. The Morgan fingerprint density at radius 2 is 0.347 bits per heavy atom. The van der Waals surface area contributed by atoms with E-state index in [1.165, 1.54) is 0 Å². The van der Waals surface area contributed by atoms with Crippen molar-refractivity contribution in [3.05, 3.63) is 214 Å². The predicted octanol–water partition coefficient (Wildman–Crippen LogP) is 11.8. The molecule has 0 atom stereocenters. The van der Waals surface area contributed by atoms with Crippen LogP contribution >= 0.6 is 0 Å². The van der Waals surface area contributed by atoms with Gasteiger partial charge in [0.15, 0.2) is 0 Å². The van der Waals surface area contributed by atoms with Gasteiger partial charge in [-0.15, -0.1) is 15.0 Å². The lowest BCUT2D eigenvalue weighted by molar-refractivity contribution is 0.362. The van der Waals surface area contributed by atoms with Crippen LogP contribution in [-0.2, 0) is 19.3 Å². The highest BCUT2D eigenvalue weighted by molar-refractivity contribution is 5.39. The highest BCUT2D eigenvalue weighted by atomic mass is 16.5. The second-order valence-electron chi connectivity index (χ2n) is 17.3. The topological polar surface area (TPSA) is 210 Å². The molecule has 4 aromatic heterocycles. The zero-order chi connectivity index (χ0) is 51.7. The van der Waals surface area contributed by atoms with Crippen LogP contribution in [0.3, 0.4) is 0 Å². The van der Waals surface area contributed by atoms with Crippen molar-refractivity contribution >= 4 is 0 Å². The van der Waals surface area contributed by atoms with Crippen LogP contribution in [0.1, 0.15) is 68.3 Å². The van der Waals surface area contributed by atoms with Crippen LogP contribution in [0.25, 0.3) is 0 Å². The van der Waals surface area contributed by atoms with Crippen molar-refractivity contribution in [3.8, 4) is 70.6 Å². The molecule has 0 radical (unpaired) electrons. The van der Waals surface area contributed by atoms with E-state index in [1.54, 1.807) is 41.5 Å². The maximum absolute atomic E-state index is 6.21. The van der Waals surface area contributed by atoms with Gasteiger partial charge in [0.25, 0.3) is 0 Å². The van der Waals surface area contributed by atoms with Crippen LogP contribution < -0.4 is 28.4 Å². The van der Waals surface area contributed by atoms with Gasteiger partial charge in [-0.1, -0.05) is 72.8 Å². The van der Waals surface area contributed by atoms with E-state index in [9.17, 15) is 0 Å². The molecule has 18 nitrogen and oxygen atoms in total. The molecule has 18 heteroatoms. The molecule has 0 bridgehead atoms. The molecule has 0 fully saturated rings. The summed E-state index contributed by atoms with van der Waals surface area (Å²) in [6, 6.07) is 47.2. The molecule has 0 unspecified atom stereocenters. The van der Waals surface area contributed by atoms with Crippen LogP contribution in [0, 0.1) is 41.5 Å². The molecule has 0 aliphatic heterocycles. The summed E-state index contributed by atoms with van der Waals surface area (Å²) in [5, 5.41) is 0. The highest BCUT2D eigenvalue weighted by Crippen LogP contribution is 2.30. The fourth-order valence-electron chi connectivity index (χ4n) is 7.74. The number of aromatic nitrogens is 12. The SMILES string of the molecule is Cc1nc(C)nc(Oc2ccc(Cc3ccc(Oc4nc(Oc5ccc(Cc6ccc(Oc7nc(C)nc(C)n7)cc6)cc5)nc(Oc5ccc(Cc6ccc(Oc7nc(C)nc(C)n7)cc6)cc5)n4)cc3)cc2)n1. The van der Waals surface area contributed by atoms with Crippen molar-refractivity contribution in [3.63, 3.8) is 0 Å². The van der Waals surface area contributed by atoms with Gasteiger partial charge in [-0.3, -0.25) is 0 Å². The monoisotopic (exact) mass is 996 g/mol. The van der Waals surface area contributed by atoms with E-state index in [-0.39, 0.29) is 36.1 Å². The molecular formula is C57H48N12O6. The molecule has 10 aromatic rings. The van der Waals surface area contributed by atoms with E-state index in [0.29, 0.717) is 88.7 Å². The molecule has 372 valence electrons. The van der Waals surface area contributed by atoms with Crippen molar-refractivity contribution in [2.45, 2.75) is 60.8 Å². The first-order valence-electron chi connectivity index (χ1n) is 23.9. The van der Waals surface area contributed by atoms with Crippen LogP contribution in [0.2, 0.25) is 0 Å². The molecule has 0 saturated heterocycles. The van der Waals surface area contributed by atoms with Gasteiger partial charge in [0, 0.05) is 0 Å². The Kier molecular flexibility index (Phi) is 14.5. The Balaban J connectivity index is 0.809. The molecule has 0 aliphatic carbocycles. The summed E-state index contributed by atoms with van der Waals surface area (Å²) in [5.74, 6) is 7.01. The smallest absolute Gasteiger partial charge is 0.331 e. The fourth-order valence-corrected chi connectivity index (χ4v) is 7.74. The Morgan fingerprint density at radius 1 is 0.200 bits per heavy atom. The van der Waals surface area contributed by atoms with Gasteiger partial charge in [0.2, 0.25) is 0 Å². The van der Waals surface area contributed by atoms with Gasteiger partial charge in [0.05, 0.1) is 0 Å². The normalized spacial score (nSPS) is 11.0. The van der Waals surface area contributed by atoms with Gasteiger partial charge >= 0.3 is 36.1 Å². The van der Waals surface area contributed by atoms with E-state index < -0.39 is 0 Å². The van der Waals surface area contributed by atoms with Gasteiger partial charge < -0.3 is 28.4 Å². The molecule has 0 aliphatic rings. The minimum absolute atomic E-state index is 0.0171. The molecule has 75 heavy (non-hydrogen) atoms. The maximum atomic E-state index is 6.21. The Bertz CT molecular complexity index is 3120. The molecule has 10 rings (SSSR count). The van der Waals surface area contributed by atoms with E-state index in [2.05, 4.69) is 59.8 Å². The number of aryl methyl sites for hydroxylation is 6. The summed E-state index contributed by atoms with van der Waals surface area (Å²) in [4.78, 5) is 51.8. The Labute approximate surface area is 432 Å².